The zero-order valence-electron chi connectivity index (χ0n) is 24.9. The Hall–Kier alpha value is -5.22. The molecule has 10 heteroatoms. The summed E-state index contributed by atoms with van der Waals surface area (Å²) < 4.78 is 37.1. The summed E-state index contributed by atoms with van der Waals surface area (Å²) in [4.78, 5) is 17.1. The van der Waals surface area contributed by atoms with Crippen LogP contribution in [0.2, 0.25) is 0 Å². The van der Waals surface area contributed by atoms with Gasteiger partial charge in [-0.25, -0.2) is 9.78 Å². The zero-order valence-corrected chi connectivity index (χ0v) is 24.9. The molecule has 45 heavy (non-hydrogen) atoms. The number of H-pyrrole nitrogens is 1. The van der Waals surface area contributed by atoms with Gasteiger partial charge < -0.3 is 19.9 Å². The molecule has 2 heterocycles. The number of halogens is 3. The van der Waals surface area contributed by atoms with Crippen LogP contribution < -0.4 is 5.32 Å². The van der Waals surface area contributed by atoms with E-state index >= 15 is 0 Å². The van der Waals surface area contributed by atoms with Crippen molar-refractivity contribution in [2.24, 2.45) is 0 Å². The van der Waals surface area contributed by atoms with Gasteiger partial charge in [-0.1, -0.05) is 84.0 Å². The third kappa shape index (κ3) is 7.47. The maximum atomic E-state index is 10.6. The largest absolute Gasteiger partial charge is 0.490 e. The number of hydrogen-bond donors (Lipinski definition) is 3. The maximum absolute atomic E-state index is 10.6. The first-order valence-corrected chi connectivity index (χ1v) is 14.2. The zero-order chi connectivity index (χ0) is 32.1. The molecule has 0 aliphatic carbocycles. The first-order valence-electron chi connectivity index (χ1n) is 14.2. The van der Waals surface area contributed by atoms with E-state index in [2.05, 4.69) is 113 Å². The van der Waals surface area contributed by atoms with Crippen LogP contribution in [0.1, 0.15) is 28.1 Å². The Bertz CT molecular complexity index is 1910. The minimum atomic E-state index is -5.08. The van der Waals surface area contributed by atoms with Gasteiger partial charge in [0.15, 0.2) is 0 Å². The second kappa shape index (κ2) is 13.2. The van der Waals surface area contributed by atoms with Crippen molar-refractivity contribution >= 4 is 17.0 Å². The molecular formula is C35H31F3N4O3. The number of aliphatic carboxylic acids is 1. The van der Waals surface area contributed by atoms with E-state index in [1.807, 2.05) is 13.8 Å². The lowest BCUT2D eigenvalue weighted by Gasteiger charge is -2.09. The molecule has 0 aliphatic rings. The van der Waals surface area contributed by atoms with Gasteiger partial charge in [0.1, 0.15) is 11.6 Å². The summed E-state index contributed by atoms with van der Waals surface area (Å²) in [6.07, 6.45) is -5.08. The van der Waals surface area contributed by atoms with Crippen molar-refractivity contribution < 1.29 is 27.6 Å². The molecule has 0 radical (unpaired) electrons. The van der Waals surface area contributed by atoms with Gasteiger partial charge in [0, 0.05) is 24.2 Å². The molecule has 0 unspecified atom stereocenters. The van der Waals surface area contributed by atoms with Crippen molar-refractivity contribution in [3.63, 3.8) is 0 Å². The summed E-state index contributed by atoms with van der Waals surface area (Å²) >= 11 is 0. The maximum Gasteiger partial charge on any atom is 0.490 e. The minimum Gasteiger partial charge on any atom is -0.475 e. The highest BCUT2D eigenvalue weighted by Gasteiger charge is 2.38. The molecule has 0 saturated carbocycles. The lowest BCUT2D eigenvalue weighted by atomic mass is 10.0. The van der Waals surface area contributed by atoms with E-state index in [0.717, 1.165) is 58.1 Å². The van der Waals surface area contributed by atoms with E-state index in [-0.39, 0.29) is 0 Å². The van der Waals surface area contributed by atoms with Crippen molar-refractivity contribution in [2.45, 2.75) is 40.0 Å². The number of fused-ring (bicyclic) bond motifs is 1. The summed E-state index contributed by atoms with van der Waals surface area (Å²) in [6.45, 7) is 7.63. The third-order valence-corrected chi connectivity index (χ3v) is 7.31. The van der Waals surface area contributed by atoms with Crippen molar-refractivity contribution in [1.82, 2.24) is 20.4 Å². The van der Waals surface area contributed by atoms with Crippen molar-refractivity contribution in [1.29, 1.82) is 0 Å². The van der Waals surface area contributed by atoms with Crippen LogP contribution in [0.25, 0.3) is 44.7 Å². The van der Waals surface area contributed by atoms with Crippen LogP contribution in [0, 0.1) is 20.8 Å². The molecule has 0 spiro atoms. The molecule has 230 valence electrons. The highest BCUT2D eigenvalue weighted by molar-refractivity contribution is 5.82. The van der Waals surface area contributed by atoms with Gasteiger partial charge in [-0.2, -0.15) is 13.2 Å². The second-order valence-corrected chi connectivity index (χ2v) is 10.6. The number of imidazole rings is 1. The van der Waals surface area contributed by atoms with E-state index in [1.54, 1.807) is 0 Å². The van der Waals surface area contributed by atoms with Gasteiger partial charge in [-0.15, -0.1) is 0 Å². The van der Waals surface area contributed by atoms with E-state index in [4.69, 9.17) is 19.4 Å². The van der Waals surface area contributed by atoms with Crippen LogP contribution in [0.5, 0.6) is 0 Å². The quantitative estimate of drug-likeness (QED) is 0.167. The second-order valence-electron chi connectivity index (χ2n) is 10.6. The lowest BCUT2D eigenvalue weighted by Crippen LogP contribution is -2.21. The van der Waals surface area contributed by atoms with Gasteiger partial charge in [0.25, 0.3) is 0 Å². The monoisotopic (exact) mass is 612 g/mol. The van der Waals surface area contributed by atoms with E-state index in [1.165, 1.54) is 27.8 Å². The van der Waals surface area contributed by atoms with Gasteiger partial charge in [-0.05, 0) is 66.3 Å². The predicted octanol–water partition coefficient (Wildman–Crippen LogP) is 8.40. The normalized spacial score (nSPS) is 11.3. The van der Waals surface area contributed by atoms with Crippen LogP contribution in [0.15, 0.2) is 95.5 Å². The fourth-order valence-electron chi connectivity index (χ4n) is 5.03. The van der Waals surface area contributed by atoms with Crippen LogP contribution in [-0.2, 0) is 17.9 Å². The number of alkyl halides is 3. The molecule has 2 aromatic heterocycles. The number of nitrogens with one attached hydrogen (secondary N) is 2. The fraction of sp³-hybridized carbons (Fsp3) is 0.171. The average Bonchev–Trinajstić information content (AvgIpc) is 3.61. The number of benzene rings is 4. The van der Waals surface area contributed by atoms with Crippen LogP contribution >= 0.6 is 0 Å². The number of aromatic amines is 1. The third-order valence-electron chi connectivity index (χ3n) is 7.31. The molecule has 7 nitrogen and oxygen atoms in total. The molecule has 0 aliphatic heterocycles. The Labute approximate surface area is 257 Å². The number of hydrogen-bond acceptors (Lipinski definition) is 5. The number of aromatic nitrogens is 3. The number of nitrogens with zero attached hydrogens (tertiary/aromatic N) is 2. The highest BCUT2D eigenvalue weighted by Crippen LogP contribution is 2.28. The van der Waals surface area contributed by atoms with Gasteiger partial charge >= 0.3 is 12.1 Å². The number of aryl methyl sites for hydroxylation is 3. The number of carboxylic acids is 1. The Morgan fingerprint density at radius 2 is 1.42 bits per heavy atom. The molecule has 0 bridgehead atoms. The van der Waals surface area contributed by atoms with E-state index < -0.39 is 12.1 Å². The first-order chi connectivity index (χ1) is 21.5. The summed E-state index contributed by atoms with van der Waals surface area (Å²) in [5, 5.41) is 14.8. The summed E-state index contributed by atoms with van der Waals surface area (Å²) in [6, 6.07) is 32.1. The van der Waals surface area contributed by atoms with Crippen LogP contribution in [0.3, 0.4) is 0 Å². The topological polar surface area (TPSA) is 104 Å². The Morgan fingerprint density at radius 3 is 2.02 bits per heavy atom. The molecule has 6 aromatic rings. The van der Waals surface area contributed by atoms with Crippen molar-refractivity contribution in [3.8, 4) is 33.6 Å². The molecule has 0 fully saturated rings. The molecular weight excluding hydrogens is 581 g/mol. The Balaban J connectivity index is 0.000000515. The lowest BCUT2D eigenvalue weighted by molar-refractivity contribution is -0.192. The predicted molar refractivity (Wildman–Crippen MR) is 167 cm³/mol. The van der Waals surface area contributed by atoms with Crippen LogP contribution in [0.4, 0.5) is 13.2 Å². The number of rotatable bonds is 7. The summed E-state index contributed by atoms with van der Waals surface area (Å²) in [7, 11) is 0. The smallest absolute Gasteiger partial charge is 0.475 e. The Morgan fingerprint density at radius 1 is 0.822 bits per heavy atom. The number of carboxylic acid groups (broad SMARTS) is 1. The van der Waals surface area contributed by atoms with Crippen LogP contribution in [-0.4, -0.2) is 32.4 Å². The average molecular weight is 613 g/mol. The van der Waals surface area contributed by atoms with Crippen molar-refractivity contribution in [3.05, 3.63) is 119 Å². The minimum absolute atomic E-state index is 0.793. The van der Waals surface area contributed by atoms with Gasteiger partial charge in [0.05, 0.1) is 16.7 Å². The SMILES string of the molecule is Cc1noc(C)c1-c1cccc(CNCc2ccc(-c3ccc(-c4nc5c(C)cccc5[nH]4)cc3)cc2)c1.O=C(O)C(F)(F)F. The van der Waals surface area contributed by atoms with Crippen molar-refractivity contribution in [2.75, 3.05) is 0 Å². The van der Waals surface area contributed by atoms with Gasteiger partial charge in [-0.3, -0.25) is 0 Å². The molecule has 3 N–H and O–H groups in total. The molecule has 0 atom stereocenters. The fourth-order valence-corrected chi connectivity index (χ4v) is 5.03. The van der Waals surface area contributed by atoms with E-state index in [9.17, 15) is 13.2 Å². The molecule has 4 aromatic carbocycles. The Kier molecular flexibility index (Phi) is 9.15. The molecule has 0 amide bonds. The standard InChI is InChI=1S/C33H30N4O.C2HF3O2/c1-21-6-4-9-30-32(21)36-33(35-30)28-16-14-27(15-17-28)26-12-10-24(11-13-26)19-34-20-25-7-5-8-29(18-25)31-22(2)37-38-23(31)3;3-2(4,5)1(6)7/h4-18,34H,19-20H2,1-3H3,(H,35,36);(H,6,7). The summed E-state index contributed by atoms with van der Waals surface area (Å²) in [5.41, 5.74) is 12.4. The molecule has 0 saturated heterocycles. The first kappa shape index (κ1) is 31.2. The molecule has 6 rings (SSSR count). The number of carbonyl (C=O) groups is 1. The number of para-hydroxylation sites is 1. The van der Waals surface area contributed by atoms with Gasteiger partial charge in [0.2, 0.25) is 0 Å². The summed E-state index contributed by atoms with van der Waals surface area (Å²) in [5.74, 6) is -1.00. The highest BCUT2D eigenvalue weighted by atomic mass is 19.4. The van der Waals surface area contributed by atoms with E-state index in [0.29, 0.717) is 0 Å².